The van der Waals surface area contributed by atoms with E-state index in [1.54, 1.807) is 11.8 Å². The number of benzene rings is 1. The Hall–Kier alpha value is -0.510. The lowest BCUT2D eigenvalue weighted by molar-refractivity contribution is 0.0911. The third-order valence-electron chi connectivity index (χ3n) is 2.22. The zero-order valence-electron chi connectivity index (χ0n) is 8.97. The smallest absolute Gasteiger partial charge is 0.0892 e. The largest absolute Gasteiger partial charge is 0.394 e. The Balaban J connectivity index is 2.58. The van der Waals surface area contributed by atoms with Crippen LogP contribution in [0, 0.1) is 0 Å². The lowest BCUT2D eigenvalue weighted by atomic mass is 10.2. The number of hydrogen-bond donors (Lipinski definition) is 2. The van der Waals surface area contributed by atoms with Gasteiger partial charge < -0.3 is 10.2 Å². The van der Waals surface area contributed by atoms with E-state index in [0.717, 1.165) is 17.7 Å². The van der Waals surface area contributed by atoms with Crippen molar-refractivity contribution in [1.29, 1.82) is 0 Å². The van der Waals surface area contributed by atoms with Gasteiger partial charge in [-0.3, -0.25) is 0 Å². The summed E-state index contributed by atoms with van der Waals surface area (Å²) in [5.41, 5.74) is 0. The Morgan fingerprint density at radius 1 is 1.27 bits per heavy atom. The van der Waals surface area contributed by atoms with Crippen LogP contribution in [0.25, 0.3) is 0 Å². The van der Waals surface area contributed by atoms with Crippen molar-refractivity contribution in [2.24, 2.45) is 0 Å². The first kappa shape index (κ1) is 12.6. The van der Waals surface area contributed by atoms with Gasteiger partial charge in [0.05, 0.1) is 12.7 Å². The van der Waals surface area contributed by atoms with E-state index in [0.29, 0.717) is 0 Å². The first-order valence-electron chi connectivity index (χ1n) is 5.28. The fraction of sp³-hybridized carbons (Fsp3) is 0.500. The number of hydrogen-bond acceptors (Lipinski definition) is 3. The van der Waals surface area contributed by atoms with Gasteiger partial charge in [-0.25, -0.2) is 0 Å². The van der Waals surface area contributed by atoms with Crippen molar-refractivity contribution in [2.45, 2.75) is 36.0 Å². The predicted octanol–water partition coefficient (Wildman–Crippen LogP) is 2.30. The van der Waals surface area contributed by atoms with Gasteiger partial charge in [0.1, 0.15) is 0 Å². The first-order chi connectivity index (χ1) is 7.27. The fourth-order valence-corrected chi connectivity index (χ4v) is 2.67. The zero-order chi connectivity index (χ0) is 11.1. The molecule has 0 saturated heterocycles. The minimum atomic E-state index is -0.629. The molecule has 0 aromatic heterocycles. The van der Waals surface area contributed by atoms with E-state index in [9.17, 15) is 5.11 Å². The van der Waals surface area contributed by atoms with Gasteiger partial charge in [0.15, 0.2) is 0 Å². The number of thioether (sulfide) groups is 1. The second-order valence-corrected chi connectivity index (χ2v) is 4.82. The van der Waals surface area contributed by atoms with Gasteiger partial charge in [0.25, 0.3) is 0 Å². The van der Waals surface area contributed by atoms with Crippen molar-refractivity contribution >= 4 is 11.8 Å². The Bertz CT molecular complexity index is 264. The van der Waals surface area contributed by atoms with Crippen molar-refractivity contribution in [1.82, 2.24) is 0 Å². The number of aliphatic hydroxyl groups is 2. The average Bonchev–Trinajstić information content (AvgIpc) is 2.29. The van der Waals surface area contributed by atoms with Crippen LogP contribution < -0.4 is 0 Å². The molecule has 0 aliphatic rings. The molecule has 2 nitrogen and oxygen atoms in total. The average molecular weight is 226 g/mol. The van der Waals surface area contributed by atoms with Gasteiger partial charge in [-0.05, 0) is 18.6 Å². The van der Waals surface area contributed by atoms with Crippen molar-refractivity contribution < 1.29 is 10.2 Å². The third kappa shape index (κ3) is 4.24. The van der Waals surface area contributed by atoms with Crippen LogP contribution in [0.1, 0.15) is 19.8 Å². The van der Waals surface area contributed by atoms with E-state index < -0.39 is 6.10 Å². The van der Waals surface area contributed by atoms with E-state index in [1.165, 1.54) is 0 Å². The molecule has 0 aliphatic carbocycles. The highest BCUT2D eigenvalue weighted by Crippen LogP contribution is 2.28. The van der Waals surface area contributed by atoms with Gasteiger partial charge in [-0.15, -0.1) is 11.8 Å². The molecule has 1 aromatic rings. The molecule has 0 aliphatic heterocycles. The van der Waals surface area contributed by atoms with Crippen molar-refractivity contribution in [3.8, 4) is 0 Å². The van der Waals surface area contributed by atoms with Crippen LogP contribution in [0.15, 0.2) is 35.2 Å². The summed E-state index contributed by atoms with van der Waals surface area (Å²) in [6.07, 6.45) is 1.30. The second kappa shape index (κ2) is 6.88. The summed E-state index contributed by atoms with van der Waals surface area (Å²) >= 11 is 1.64. The topological polar surface area (TPSA) is 40.5 Å². The summed E-state index contributed by atoms with van der Waals surface area (Å²) in [4.78, 5) is 1.14. The Morgan fingerprint density at radius 2 is 1.93 bits per heavy atom. The molecule has 0 radical (unpaired) electrons. The molecular weight excluding hydrogens is 208 g/mol. The highest BCUT2D eigenvalue weighted by atomic mass is 32.2. The van der Waals surface area contributed by atoms with E-state index in [1.807, 2.05) is 30.3 Å². The molecule has 0 saturated carbocycles. The summed E-state index contributed by atoms with van der Waals surface area (Å²) < 4.78 is 0. The molecule has 1 rings (SSSR count). The van der Waals surface area contributed by atoms with Crippen LogP contribution in [0.3, 0.4) is 0 Å². The predicted molar refractivity (Wildman–Crippen MR) is 64.1 cm³/mol. The lowest BCUT2D eigenvalue weighted by Gasteiger charge is -2.20. The van der Waals surface area contributed by atoms with E-state index in [2.05, 4.69) is 6.92 Å². The molecule has 0 fully saturated rings. The minimum absolute atomic E-state index is 0.0856. The number of rotatable bonds is 6. The van der Waals surface area contributed by atoms with Gasteiger partial charge in [0.2, 0.25) is 0 Å². The SMILES string of the molecule is CCC[C@H](Sc1ccccc1)[C@H](O)CO. The third-order valence-corrected chi connectivity index (χ3v) is 3.62. The Labute approximate surface area is 95.3 Å². The lowest BCUT2D eigenvalue weighted by Crippen LogP contribution is -2.26. The Kier molecular flexibility index (Phi) is 5.76. The maximum absolute atomic E-state index is 9.64. The van der Waals surface area contributed by atoms with Crippen LogP contribution in [-0.2, 0) is 0 Å². The van der Waals surface area contributed by atoms with Crippen LogP contribution in [0.4, 0.5) is 0 Å². The molecule has 2 N–H and O–H groups in total. The van der Waals surface area contributed by atoms with Gasteiger partial charge in [-0.1, -0.05) is 31.5 Å². The van der Waals surface area contributed by atoms with Crippen LogP contribution in [0.5, 0.6) is 0 Å². The fourth-order valence-electron chi connectivity index (χ4n) is 1.41. The standard InChI is InChI=1S/C12H18O2S/c1-2-6-12(11(14)9-13)15-10-7-4-3-5-8-10/h3-5,7-8,11-14H,2,6,9H2,1H3/t11-,12+/m1/s1. The highest BCUT2D eigenvalue weighted by Gasteiger charge is 2.18. The van der Waals surface area contributed by atoms with Crippen LogP contribution >= 0.6 is 11.8 Å². The van der Waals surface area contributed by atoms with Gasteiger partial charge >= 0.3 is 0 Å². The summed E-state index contributed by atoms with van der Waals surface area (Å²) in [6, 6.07) is 9.99. The molecule has 0 bridgehead atoms. The monoisotopic (exact) mass is 226 g/mol. The molecule has 0 heterocycles. The molecule has 0 amide bonds. The van der Waals surface area contributed by atoms with Crippen LogP contribution in [0.2, 0.25) is 0 Å². The quantitative estimate of drug-likeness (QED) is 0.731. The molecule has 15 heavy (non-hydrogen) atoms. The van der Waals surface area contributed by atoms with Crippen molar-refractivity contribution in [3.63, 3.8) is 0 Å². The maximum atomic E-state index is 9.64. The summed E-state index contributed by atoms with van der Waals surface area (Å²) in [6.45, 7) is 1.92. The molecule has 0 unspecified atom stereocenters. The van der Waals surface area contributed by atoms with E-state index in [4.69, 9.17) is 5.11 Å². The highest BCUT2D eigenvalue weighted by molar-refractivity contribution is 8.00. The normalized spacial score (nSPS) is 14.9. The maximum Gasteiger partial charge on any atom is 0.0892 e. The molecule has 3 heteroatoms. The molecule has 2 atom stereocenters. The van der Waals surface area contributed by atoms with Crippen molar-refractivity contribution in [2.75, 3.05) is 6.61 Å². The second-order valence-electron chi connectivity index (χ2n) is 3.51. The van der Waals surface area contributed by atoms with Crippen LogP contribution in [-0.4, -0.2) is 28.2 Å². The molecule has 1 aromatic carbocycles. The Morgan fingerprint density at radius 3 is 2.47 bits per heavy atom. The van der Waals surface area contributed by atoms with E-state index in [-0.39, 0.29) is 11.9 Å². The summed E-state index contributed by atoms with van der Waals surface area (Å²) in [7, 11) is 0. The van der Waals surface area contributed by atoms with E-state index >= 15 is 0 Å². The first-order valence-corrected chi connectivity index (χ1v) is 6.16. The summed E-state index contributed by atoms with van der Waals surface area (Å²) in [5.74, 6) is 0. The van der Waals surface area contributed by atoms with Gasteiger partial charge in [-0.2, -0.15) is 0 Å². The summed E-state index contributed by atoms with van der Waals surface area (Å²) in [5, 5.41) is 18.7. The molecular formula is C12H18O2S. The van der Waals surface area contributed by atoms with Crippen molar-refractivity contribution in [3.05, 3.63) is 30.3 Å². The zero-order valence-corrected chi connectivity index (χ0v) is 9.78. The minimum Gasteiger partial charge on any atom is -0.394 e. The molecule has 84 valence electrons. The number of aliphatic hydroxyl groups excluding tert-OH is 2. The van der Waals surface area contributed by atoms with Gasteiger partial charge in [0, 0.05) is 10.1 Å². The molecule has 0 spiro atoms.